The number of nitrogens with two attached hydrogens (primary N) is 1. The lowest BCUT2D eigenvalue weighted by molar-refractivity contribution is 0.415. The van der Waals surface area contributed by atoms with Crippen molar-refractivity contribution in [3.63, 3.8) is 0 Å². The number of nitrogens with zero attached hydrogens (tertiary/aromatic N) is 1. The molecule has 0 aliphatic heterocycles. The topological polar surface area (TPSA) is 48.1 Å². The summed E-state index contributed by atoms with van der Waals surface area (Å²) in [6.07, 6.45) is 3.02. The van der Waals surface area contributed by atoms with Crippen molar-refractivity contribution in [2.75, 3.05) is 7.11 Å². The zero-order valence-electron chi connectivity index (χ0n) is 10.3. The van der Waals surface area contributed by atoms with E-state index >= 15 is 0 Å². The Balaban J connectivity index is 1.87. The van der Waals surface area contributed by atoms with E-state index < -0.39 is 0 Å². The van der Waals surface area contributed by atoms with Crippen LogP contribution in [0.4, 0.5) is 0 Å². The molecule has 0 amide bonds. The number of methoxy groups -OCH3 is 1. The number of pyridine rings is 1. The normalized spacial score (nSPS) is 21.7. The smallest absolute Gasteiger partial charge is 0.119 e. The molecule has 0 radical (unpaired) electrons. The largest absolute Gasteiger partial charge is 0.497 e. The van der Waals surface area contributed by atoms with E-state index in [1.165, 1.54) is 5.56 Å². The van der Waals surface area contributed by atoms with Crippen LogP contribution in [0.2, 0.25) is 0 Å². The zero-order valence-corrected chi connectivity index (χ0v) is 10.3. The van der Waals surface area contributed by atoms with E-state index in [1.54, 1.807) is 7.11 Å². The third-order valence-corrected chi connectivity index (χ3v) is 3.42. The molecular formula is C15H16N2O. The molecule has 2 aromatic rings. The molecule has 3 heteroatoms. The van der Waals surface area contributed by atoms with Gasteiger partial charge >= 0.3 is 0 Å². The molecule has 0 spiro atoms. The maximum absolute atomic E-state index is 5.84. The molecule has 18 heavy (non-hydrogen) atoms. The maximum Gasteiger partial charge on any atom is 0.119 e. The SMILES string of the molecule is COc1cccc(-c2ccc([C@H]3C[C@@H]3N)cn2)c1. The van der Waals surface area contributed by atoms with Crippen molar-refractivity contribution in [2.24, 2.45) is 5.73 Å². The predicted molar refractivity (Wildman–Crippen MR) is 71.6 cm³/mol. The molecule has 1 saturated carbocycles. The standard InChI is InChI=1S/C15H16N2O/c1-18-12-4-2-3-10(7-12)15-6-5-11(9-17-15)13-8-14(13)16/h2-7,9,13-14H,8,16H2,1H3/t13-,14+/m1/s1. The van der Waals surface area contributed by atoms with Gasteiger partial charge in [0.25, 0.3) is 0 Å². The van der Waals surface area contributed by atoms with Crippen molar-refractivity contribution in [3.05, 3.63) is 48.2 Å². The van der Waals surface area contributed by atoms with E-state index in [0.717, 1.165) is 23.4 Å². The van der Waals surface area contributed by atoms with Crippen molar-refractivity contribution >= 4 is 0 Å². The average molecular weight is 240 g/mol. The van der Waals surface area contributed by atoms with E-state index in [9.17, 15) is 0 Å². The minimum absolute atomic E-state index is 0.328. The fourth-order valence-electron chi connectivity index (χ4n) is 2.18. The van der Waals surface area contributed by atoms with Gasteiger partial charge in [-0.3, -0.25) is 4.98 Å². The molecular weight excluding hydrogens is 224 g/mol. The fourth-order valence-corrected chi connectivity index (χ4v) is 2.18. The number of rotatable bonds is 3. The highest BCUT2D eigenvalue weighted by atomic mass is 16.5. The molecule has 1 aliphatic carbocycles. The lowest BCUT2D eigenvalue weighted by Crippen LogP contribution is -2.01. The number of aromatic nitrogens is 1. The van der Waals surface area contributed by atoms with Gasteiger partial charge in [0, 0.05) is 23.7 Å². The molecule has 2 atom stereocenters. The number of hydrogen-bond donors (Lipinski definition) is 1. The second-order valence-electron chi connectivity index (χ2n) is 4.71. The summed E-state index contributed by atoms with van der Waals surface area (Å²) in [5.41, 5.74) is 9.12. The van der Waals surface area contributed by atoms with Crippen LogP contribution in [0.3, 0.4) is 0 Å². The molecule has 92 valence electrons. The van der Waals surface area contributed by atoms with Crippen LogP contribution < -0.4 is 10.5 Å². The van der Waals surface area contributed by atoms with Crippen LogP contribution in [-0.2, 0) is 0 Å². The molecule has 3 rings (SSSR count). The summed E-state index contributed by atoms with van der Waals surface area (Å²) in [6, 6.07) is 12.4. The molecule has 1 aromatic carbocycles. The minimum Gasteiger partial charge on any atom is -0.497 e. The molecule has 1 aromatic heterocycles. The predicted octanol–water partition coefficient (Wildman–Crippen LogP) is 2.57. The third-order valence-electron chi connectivity index (χ3n) is 3.42. The van der Waals surface area contributed by atoms with Crippen molar-refractivity contribution in [1.82, 2.24) is 4.98 Å². The summed E-state index contributed by atoms with van der Waals surface area (Å²) in [4.78, 5) is 4.51. The Kier molecular flexibility index (Phi) is 2.76. The van der Waals surface area contributed by atoms with Crippen LogP contribution in [0.25, 0.3) is 11.3 Å². The second-order valence-corrected chi connectivity index (χ2v) is 4.71. The molecule has 1 fully saturated rings. The molecule has 0 bridgehead atoms. The van der Waals surface area contributed by atoms with Gasteiger partial charge in [-0.25, -0.2) is 0 Å². The summed E-state index contributed by atoms with van der Waals surface area (Å²) >= 11 is 0. The van der Waals surface area contributed by atoms with E-state index in [0.29, 0.717) is 12.0 Å². The Hall–Kier alpha value is -1.87. The summed E-state index contributed by atoms with van der Waals surface area (Å²) in [5.74, 6) is 1.36. The average Bonchev–Trinajstić information content (AvgIpc) is 3.16. The highest BCUT2D eigenvalue weighted by Crippen LogP contribution is 2.38. The van der Waals surface area contributed by atoms with Crippen LogP contribution in [0, 0.1) is 0 Å². The number of hydrogen-bond acceptors (Lipinski definition) is 3. The van der Waals surface area contributed by atoms with Gasteiger partial charge in [0.15, 0.2) is 0 Å². The van der Waals surface area contributed by atoms with Crippen LogP contribution in [0.5, 0.6) is 5.75 Å². The van der Waals surface area contributed by atoms with Crippen molar-refractivity contribution < 1.29 is 4.74 Å². The van der Waals surface area contributed by atoms with Crippen molar-refractivity contribution in [1.29, 1.82) is 0 Å². The summed E-state index contributed by atoms with van der Waals surface area (Å²) in [7, 11) is 1.67. The third kappa shape index (κ3) is 2.09. The Morgan fingerprint density at radius 1 is 1.28 bits per heavy atom. The van der Waals surface area contributed by atoms with Crippen LogP contribution in [0.1, 0.15) is 17.9 Å². The quantitative estimate of drug-likeness (QED) is 0.897. The second kappa shape index (κ2) is 4.42. The first kappa shape index (κ1) is 11.2. The first-order valence-corrected chi connectivity index (χ1v) is 6.14. The van der Waals surface area contributed by atoms with Crippen LogP contribution in [-0.4, -0.2) is 18.1 Å². The van der Waals surface area contributed by atoms with Gasteiger partial charge in [-0.05, 0) is 30.2 Å². The molecule has 3 nitrogen and oxygen atoms in total. The Bertz CT molecular complexity index is 551. The van der Waals surface area contributed by atoms with E-state index in [4.69, 9.17) is 10.5 Å². The molecule has 0 unspecified atom stereocenters. The van der Waals surface area contributed by atoms with Gasteiger partial charge in [0.2, 0.25) is 0 Å². The fraction of sp³-hybridized carbons (Fsp3) is 0.267. The van der Waals surface area contributed by atoms with Crippen molar-refractivity contribution in [3.8, 4) is 17.0 Å². The highest BCUT2D eigenvalue weighted by Gasteiger charge is 2.34. The summed E-state index contributed by atoms with van der Waals surface area (Å²) in [6.45, 7) is 0. The summed E-state index contributed by atoms with van der Waals surface area (Å²) in [5, 5.41) is 0. The van der Waals surface area contributed by atoms with Gasteiger partial charge in [0.1, 0.15) is 5.75 Å². The Morgan fingerprint density at radius 2 is 2.11 bits per heavy atom. The molecule has 2 N–H and O–H groups in total. The maximum atomic E-state index is 5.84. The Morgan fingerprint density at radius 3 is 2.72 bits per heavy atom. The monoisotopic (exact) mass is 240 g/mol. The summed E-state index contributed by atoms with van der Waals surface area (Å²) < 4.78 is 5.22. The Labute approximate surface area is 107 Å². The van der Waals surface area contributed by atoms with E-state index in [-0.39, 0.29) is 0 Å². The van der Waals surface area contributed by atoms with Crippen LogP contribution >= 0.6 is 0 Å². The van der Waals surface area contributed by atoms with E-state index in [2.05, 4.69) is 17.1 Å². The van der Waals surface area contributed by atoms with Gasteiger partial charge < -0.3 is 10.5 Å². The van der Waals surface area contributed by atoms with Gasteiger partial charge in [-0.2, -0.15) is 0 Å². The minimum atomic E-state index is 0.328. The highest BCUT2D eigenvalue weighted by molar-refractivity contribution is 5.61. The molecule has 0 saturated heterocycles. The van der Waals surface area contributed by atoms with Gasteiger partial charge in [-0.15, -0.1) is 0 Å². The first-order chi connectivity index (χ1) is 8.78. The zero-order chi connectivity index (χ0) is 12.5. The molecule has 1 heterocycles. The lowest BCUT2D eigenvalue weighted by atomic mass is 10.1. The first-order valence-electron chi connectivity index (χ1n) is 6.14. The molecule has 1 aliphatic rings. The van der Waals surface area contributed by atoms with E-state index in [1.807, 2.05) is 30.5 Å². The number of benzene rings is 1. The van der Waals surface area contributed by atoms with Crippen LogP contribution in [0.15, 0.2) is 42.6 Å². The lowest BCUT2D eigenvalue weighted by Gasteiger charge is -2.05. The number of ether oxygens (including phenoxy) is 1. The van der Waals surface area contributed by atoms with Gasteiger partial charge in [0.05, 0.1) is 12.8 Å². The van der Waals surface area contributed by atoms with Gasteiger partial charge in [-0.1, -0.05) is 18.2 Å². The van der Waals surface area contributed by atoms with Crippen molar-refractivity contribution in [2.45, 2.75) is 18.4 Å².